The zero-order valence-electron chi connectivity index (χ0n) is 11.8. The molecular formula is C16H24O2. The molecule has 2 nitrogen and oxygen atoms in total. The molecule has 1 atom stereocenters. The maximum Gasteiger partial charge on any atom is 0.229 e. The molecule has 0 aromatic carbocycles. The predicted molar refractivity (Wildman–Crippen MR) is 74.4 cm³/mol. The summed E-state index contributed by atoms with van der Waals surface area (Å²) in [5, 5.41) is 0. The highest BCUT2D eigenvalue weighted by atomic mass is 16.2. The largest absolute Gasteiger partial charge is 0.286 e. The molecule has 0 spiro atoms. The summed E-state index contributed by atoms with van der Waals surface area (Å²) in [6, 6.07) is 0. The molecule has 0 radical (unpaired) electrons. The van der Waals surface area contributed by atoms with Gasteiger partial charge < -0.3 is 0 Å². The first-order chi connectivity index (χ1) is 8.55. The fourth-order valence-electron chi connectivity index (χ4n) is 2.43. The highest BCUT2D eigenvalue weighted by Crippen LogP contribution is 2.38. The summed E-state index contributed by atoms with van der Waals surface area (Å²) in [5.74, 6) is -0.682. The fourth-order valence-corrected chi connectivity index (χ4v) is 2.43. The van der Waals surface area contributed by atoms with E-state index >= 15 is 0 Å². The predicted octanol–water partition coefficient (Wildman–Crippen LogP) is 4.01. The van der Waals surface area contributed by atoms with E-state index in [4.69, 9.17) is 0 Å². The Morgan fingerprint density at radius 1 is 1.11 bits per heavy atom. The van der Waals surface area contributed by atoms with E-state index in [9.17, 15) is 9.59 Å². The van der Waals surface area contributed by atoms with Crippen LogP contribution in [0.4, 0.5) is 0 Å². The summed E-state index contributed by atoms with van der Waals surface area (Å²) >= 11 is 0. The molecule has 0 saturated carbocycles. The second-order valence-electron chi connectivity index (χ2n) is 5.36. The molecule has 0 aromatic heterocycles. The summed E-state index contributed by atoms with van der Waals surface area (Å²) in [6.07, 6.45) is 11.6. The normalized spacial score (nSPS) is 18.7. The van der Waals surface area contributed by atoms with Crippen molar-refractivity contribution in [2.45, 2.75) is 59.3 Å². The molecule has 1 aliphatic rings. The van der Waals surface area contributed by atoms with Crippen molar-refractivity contribution >= 4 is 11.6 Å². The van der Waals surface area contributed by atoms with Crippen LogP contribution in [0.5, 0.6) is 0 Å². The zero-order valence-corrected chi connectivity index (χ0v) is 11.8. The Morgan fingerprint density at radius 3 is 2.44 bits per heavy atom. The van der Waals surface area contributed by atoms with Crippen LogP contribution in [0.15, 0.2) is 23.8 Å². The van der Waals surface area contributed by atoms with Crippen molar-refractivity contribution in [3.05, 3.63) is 23.8 Å². The third kappa shape index (κ3) is 3.41. The molecule has 0 amide bonds. The van der Waals surface area contributed by atoms with Gasteiger partial charge in [0.05, 0.1) is 0 Å². The van der Waals surface area contributed by atoms with Crippen molar-refractivity contribution in [1.82, 2.24) is 0 Å². The number of Topliss-reactive ketones (excluding diaryl/α,β-unsaturated/α-hetero) is 1. The van der Waals surface area contributed by atoms with Crippen LogP contribution in [0, 0.1) is 5.41 Å². The van der Waals surface area contributed by atoms with E-state index in [1.165, 1.54) is 25.3 Å². The van der Waals surface area contributed by atoms with Gasteiger partial charge in [-0.05, 0) is 24.3 Å². The van der Waals surface area contributed by atoms with Crippen molar-refractivity contribution in [3.63, 3.8) is 0 Å². The molecule has 100 valence electrons. The van der Waals surface area contributed by atoms with Gasteiger partial charge in [-0.2, -0.15) is 0 Å². The minimum absolute atomic E-state index is 0.148. The van der Waals surface area contributed by atoms with Gasteiger partial charge in [0.25, 0.3) is 0 Å². The summed E-state index contributed by atoms with van der Waals surface area (Å²) < 4.78 is 0. The van der Waals surface area contributed by atoms with Gasteiger partial charge in [-0.25, -0.2) is 0 Å². The van der Waals surface area contributed by atoms with Crippen LogP contribution in [0.1, 0.15) is 59.3 Å². The first kappa shape index (κ1) is 14.9. The average Bonchev–Trinajstić information content (AvgIpc) is 2.37. The lowest BCUT2D eigenvalue weighted by Crippen LogP contribution is -2.29. The third-order valence-corrected chi connectivity index (χ3v) is 3.99. The minimum atomic E-state index is -0.374. The number of unbranched alkanes of at least 4 members (excludes halogenated alkanes) is 3. The molecule has 1 rings (SSSR count). The van der Waals surface area contributed by atoms with Gasteiger partial charge >= 0.3 is 0 Å². The van der Waals surface area contributed by atoms with E-state index in [0.29, 0.717) is 5.57 Å². The van der Waals surface area contributed by atoms with Gasteiger partial charge in [-0.3, -0.25) is 9.59 Å². The standard InChI is InChI=1S/C16H24O2/c1-4-6-7-8-12-16(3,5-2)13-10-9-11-14(17)15(13)18/h9-11H,4-8,12H2,1-3H3. The number of ketones is 2. The van der Waals surface area contributed by atoms with Crippen molar-refractivity contribution in [2.24, 2.45) is 5.41 Å². The third-order valence-electron chi connectivity index (χ3n) is 3.99. The van der Waals surface area contributed by atoms with Gasteiger partial charge in [0, 0.05) is 5.57 Å². The fraction of sp³-hybridized carbons (Fsp3) is 0.625. The molecule has 0 aliphatic heterocycles. The SMILES string of the molecule is CCCCCCC(C)(CC)C1=CC=CC(=O)C1=O. The second kappa shape index (κ2) is 6.67. The summed E-state index contributed by atoms with van der Waals surface area (Å²) in [4.78, 5) is 23.4. The Balaban J connectivity index is 2.74. The zero-order chi connectivity index (χ0) is 13.6. The van der Waals surface area contributed by atoms with Crippen LogP contribution in [-0.2, 0) is 9.59 Å². The number of carbonyl (C=O) groups is 2. The first-order valence-electron chi connectivity index (χ1n) is 7.02. The second-order valence-corrected chi connectivity index (χ2v) is 5.36. The van der Waals surface area contributed by atoms with E-state index in [1.807, 2.05) is 6.08 Å². The molecule has 0 bridgehead atoms. The van der Waals surface area contributed by atoms with Crippen molar-refractivity contribution in [1.29, 1.82) is 0 Å². The number of rotatable bonds is 7. The van der Waals surface area contributed by atoms with Crippen LogP contribution < -0.4 is 0 Å². The highest BCUT2D eigenvalue weighted by Gasteiger charge is 2.34. The van der Waals surface area contributed by atoms with E-state index < -0.39 is 0 Å². The average molecular weight is 248 g/mol. The van der Waals surface area contributed by atoms with Gasteiger partial charge in [0.2, 0.25) is 11.6 Å². The smallest absolute Gasteiger partial charge is 0.229 e. The van der Waals surface area contributed by atoms with Crippen LogP contribution in [0.2, 0.25) is 0 Å². The van der Waals surface area contributed by atoms with Gasteiger partial charge in [-0.1, -0.05) is 58.6 Å². The monoisotopic (exact) mass is 248 g/mol. The Hall–Kier alpha value is -1.18. The number of hydrogen-bond donors (Lipinski definition) is 0. The lowest BCUT2D eigenvalue weighted by Gasteiger charge is -2.31. The summed E-state index contributed by atoms with van der Waals surface area (Å²) in [7, 11) is 0. The molecule has 0 N–H and O–H groups in total. The molecule has 2 heteroatoms. The van der Waals surface area contributed by atoms with Gasteiger partial charge in [0.1, 0.15) is 0 Å². The quantitative estimate of drug-likeness (QED) is 0.387. The molecule has 0 heterocycles. The maximum absolute atomic E-state index is 12.0. The lowest BCUT2D eigenvalue weighted by atomic mass is 9.72. The molecule has 1 unspecified atom stereocenters. The van der Waals surface area contributed by atoms with Crippen molar-refractivity contribution < 1.29 is 9.59 Å². The van der Waals surface area contributed by atoms with Crippen molar-refractivity contribution in [3.8, 4) is 0 Å². The Bertz CT molecular complexity index is 377. The number of allylic oxidation sites excluding steroid dienone is 4. The molecule has 0 saturated heterocycles. The van der Waals surface area contributed by atoms with Crippen molar-refractivity contribution in [2.75, 3.05) is 0 Å². The van der Waals surface area contributed by atoms with Crippen LogP contribution in [0.3, 0.4) is 0 Å². The minimum Gasteiger partial charge on any atom is -0.286 e. The van der Waals surface area contributed by atoms with E-state index in [1.54, 1.807) is 6.08 Å². The maximum atomic E-state index is 12.0. The van der Waals surface area contributed by atoms with Crippen LogP contribution >= 0.6 is 0 Å². The Kier molecular flexibility index (Phi) is 5.52. The first-order valence-corrected chi connectivity index (χ1v) is 7.02. The Labute approximate surface area is 110 Å². The van der Waals surface area contributed by atoms with E-state index in [2.05, 4.69) is 20.8 Å². The molecule has 0 fully saturated rings. The molecule has 1 aliphatic carbocycles. The lowest BCUT2D eigenvalue weighted by molar-refractivity contribution is -0.132. The highest BCUT2D eigenvalue weighted by molar-refractivity contribution is 6.48. The summed E-state index contributed by atoms with van der Waals surface area (Å²) in [6.45, 7) is 6.39. The van der Waals surface area contributed by atoms with Crippen LogP contribution in [-0.4, -0.2) is 11.6 Å². The summed E-state index contributed by atoms with van der Waals surface area (Å²) in [5.41, 5.74) is 0.555. The molecule has 18 heavy (non-hydrogen) atoms. The molecular weight excluding hydrogens is 224 g/mol. The van der Waals surface area contributed by atoms with Gasteiger partial charge in [-0.15, -0.1) is 0 Å². The van der Waals surface area contributed by atoms with Crippen LogP contribution in [0.25, 0.3) is 0 Å². The van der Waals surface area contributed by atoms with E-state index in [-0.39, 0.29) is 17.0 Å². The Morgan fingerprint density at radius 2 is 1.83 bits per heavy atom. The number of hydrogen-bond acceptors (Lipinski definition) is 2. The number of carbonyl (C=O) groups excluding carboxylic acids is 2. The molecule has 0 aromatic rings. The van der Waals surface area contributed by atoms with E-state index in [0.717, 1.165) is 19.3 Å². The van der Waals surface area contributed by atoms with Gasteiger partial charge in [0.15, 0.2) is 0 Å². The topological polar surface area (TPSA) is 34.1 Å².